The van der Waals surface area contributed by atoms with Gasteiger partial charge in [-0.15, -0.1) is 0 Å². The molecule has 0 aliphatic carbocycles. The van der Waals surface area contributed by atoms with Crippen LogP contribution in [-0.2, 0) is 0 Å². The highest BCUT2D eigenvalue weighted by Crippen LogP contribution is 2.30. The van der Waals surface area contributed by atoms with Gasteiger partial charge in [-0.2, -0.15) is 18.4 Å². The maximum atomic E-state index is 12.6. The summed E-state index contributed by atoms with van der Waals surface area (Å²) in [6, 6.07) is 1.87. The molecule has 0 spiro atoms. The van der Waals surface area contributed by atoms with E-state index in [1.807, 2.05) is 11.8 Å². The summed E-state index contributed by atoms with van der Waals surface area (Å²) in [5, 5.41) is 8.66. The Kier molecular flexibility index (Phi) is 3.83. The van der Waals surface area contributed by atoms with E-state index in [0.29, 0.717) is 12.6 Å². The van der Waals surface area contributed by atoms with Crippen LogP contribution in [-0.4, -0.2) is 54.2 Å². The molecular formula is C12H18F3N3. The molecule has 2 aliphatic rings. The molecule has 0 aromatic heterocycles. The predicted octanol–water partition coefficient (Wildman–Crippen LogP) is 1.86. The molecule has 2 rings (SSSR count). The molecule has 0 N–H and O–H groups in total. The fourth-order valence-electron chi connectivity index (χ4n) is 2.95. The average Bonchev–Trinajstić information content (AvgIpc) is 2.70. The Balaban J connectivity index is 1.98. The molecule has 3 nitrogen and oxygen atoms in total. The second kappa shape index (κ2) is 5.06. The summed E-state index contributed by atoms with van der Waals surface area (Å²) in [5.41, 5.74) is 0. The number of halogens is 3. The molecule has 6 heteroatoms. The standard InChI is InChI=1S/C12H18F3N3/c1-9-6-17-4-2-3-11(17)8-18(9)7-10(5-16)12(13,14)15/h9-11H,2-4,6-8H2,1H3. The Hall–Kier alpha value is -0.800. The first kappa shape index (κ1) is 13.6. The van der Waals surface area contributed by atoms with Gasteiger partial charge in [-0.1, -0.05) is 0 Å². The number of hydrogen-bond acceptors (Lipinski definition) is 3. The highest BCUT2D eigenvalue weighted by atomic mass is 19.4. The van der Waals surface area contributed by atoms with Gasteiger partial charge >= 0.3 is 6.18 Å². The van der Waals surface area contributed by atoms with E-state index in [9.17, 15) is 13.2 Å². The third kappa shape index (κ3) is 2.78. The van der Waals surface area contributed by atoms with Gasteiger partial charge in [-0.3, -0.25) is 9.80 Å². The van der Waals surface area contributed by atoms with Gasteiger partial charge in [-0.05, 0) is 26.3 Å². The number of fused-ring (bicyclic) bond motifs is 1. The molecule has 2 aliphatic heterocycles. The lowest BCUT2D eigenvalue weighted by molar-refractivity contribution is -0.166. The average molecular weight is 261 g/mol. The highest BCUT2D eigenvalue weighted by Gasteiger charge is 2.43. The Bertz CT molecular complexity index is 336. The second-order valence-electron chi connectivity index (χ2n) is 5.32. The zero-order chi connectivity index (χ0) is 13.3. The summed E-state index contributed by atoms with van der Waals surface area (Å²) >= 11 is 0. The Labute approximate surface area is 105 Å². The van der Waals surface area contributed by atoms with Crippen LogP contribution in [0.5, 0.6) is 0 Å². The normalized spacial score (nSPS) is 31.9. The number of nitriles is 1. The zero-order valence-corrected chi connectivity index (χ0v) is 10.5. The van der Waals surface area contributed by atoms with Crippen LogP contribution in [0.2, 0.25) is 0 Å². The number of alkyl halides is 3. The number of hydrogen-bond donors (Lipinski definition) is 0. The lowest BCUT2D eigenvalue weighted by Crippen LogP contribution is -2.56. The summed E-state index contributed by atoms with van der Waals surface area (Å²) in [7, 11) is 0. The third-order valence-electron chi connectivity index (χ3n) is 4.03. The minimum absolute atomic E-state index is 0.0950. The maximum Gasteiger partial charge on any atom is 0.405 e. The lowest BCUT2D eigenvalue weighted by Gasteiger charge is -2.43. The summed E-state index contributed by atoms with van der Waals surface area (Å²) in [4.78, 5) is 4.18. The van der Waals surface area contributed by atoms with Crippen molar-refractivity contribution >= 4 is 0 Å². The van der Waals surface area contributed by atoms with Crippen LogP contribution in [0.25, 0.3) is 0 Å². The van der Waals surface area contributed by atoms with Crippen molar-refractivity contribution in [2.45, 2.75) is 38.0 Å². The molecule has 0 aromatic rings. The van der Waals surface area contributed by atoms with Crippen molar-refractivity contribution in [3.63, 3.8) is 0 Å². The number of nitrogens with zero attached hydrogens (tertiary/aromatic N) is 3. The first-order valence-corrected chi connectivity index (χ1v) is 6.36. The Morgan fingerprint density at radius 2 is 2.11 bits per heavy atom. The number of rotatable bonds is 2. The zero-order valence-electron chi connectivity index (χ0n) is 10.5. The van der Waals surface area contributed by atoms with Gasteiger partial charge in [0.15, 0.2) is 5.92 Å². The van der Waals surface area contributed by atoms with E-state index >= 15 is 0 Å². The summed E-state index contributed by atoms with van der Waals surface area (Å²) in [6.45, 7) is 4.30. The SMILES string of the molecule is CC1CN2CCCC2CN1CC(C#N)C(F)(F)F. The van der Waals surface area contributed by atoms with Crippen molar-refractivity contribution in [3.05, 3.63) is 0 Å². The summed E-state index contributed by atoms with van der Waals surface area (Å²) < 4.78 is 37.8. The van der Waals surface area contributed by atoms with E-state index in [1.165, 1.54) is 6.07 Å². The van der Waals surface area contributed by atoms with Crippen LogP contribution in [0.15, 0.2) is 0 Å². The van der Waals surface area contributed by atoms with E-state index in [1.54, 1.807) is 0 Å². The lowest BCUT2D eigenvalue weighted by atomic mass is 10.0. The van der Waals surface area contributed by atoms with Crippen molar-refractivity contribution in [1.82, 2.24) is 9.80 Å². The van der Waals surface area contributed by atoms with Gasteiger partial charge in [0.2, 0.25) is 0 Å². The molecule has 0 saturated carbocycles. The monoisotopic (exact) mass is 261 g/mol. The molecule has 18 heavy (non-hydrogen) atoms. The van der Waals surface area contributed by atoms with E-state index in [0.717, 1.165) is 25.9 Å². The van der Waals surface area contributed by atoms with Gasteiger partial charge in [0.05, 0.1) is 6.07 Å². The highest BCUT2D eigenvalue weighted by molar-refractivity contribution is 4.96. The fourth-order valence-corrected chi connectivity index (χ4v) is 2.95. The van der Waals surface area contributed by atoms with Gasteiger partial charge in [0, 0.05) is 31.7 Å². The van der Waals surface area contributed by atoms with Crippen molar-refractivity contribution in [2.24, 2.45) is 5.92 Å². The van der Waals surface area contributed by atoms with Gasteiger partial charge in [0.1, 0.15) is 0 Å². The van der Waals surface area contributed by atoms with Crippen LogP contribution >= 0.6 is 0 Å². The molecule has 0 aromatic carbocycles. The molecule has 2 heterocycles. The molecule has 102 valence electrons. The largest absolute Gasteiger partial charge is 0.405 e. The molecule has 2 fully saturated rings. The van der Waals surface area contributed by atoms with Crippen molar-refractivity contribution in [2.75, 3.05) is 26.2 Å². The van der Waals surface area contributed by atoms with Crippen LogP contribution in [0.1, 0.15) is 19.8 Å². The van der Waals surface area contributed by atoms with Gasteiger partial charge < -0.3 is 0 Å². The van der Waals surface area contributed by atoms with Crippen molar-refractivity contribution in [1.29, 1.82) is 5.26 Å². The molecule has 2 saturated heterocycles. The van der Waals surface area contributed by atoms with E-state index < -0.39 is 12.1 Å². The van der Waals surface area contributed by atoms with E-state index in [-0.39, 0.29) is 12.6 Å². The van der Waals surface area contributed by atoms with Crippen LogP contribution in [0.4, 0.5) is 13.2 Å². The van der Waals surface area contributed by atoms with Crippen LogP contribution < -0.4 is 0 Å². The minimum Gasteiger partial charge on any atom is -0.298 e. The van der Waals surface area contributed by atoms with Gasteiger partial charge in [-0.25, -0.2) is 0 Å². The molecule has 3 atom stereocenters. The molecule has 0 bridgehead atoms. The van der Waals surface area contributed by atoms with E-state index in [2.05, 4.69) is 4.90 Å². The maximum absolute atomic E-state index is 12.6. The molecular weight excluding hydrogens is 243 g/mol. The molecule has 0 amide bonds. The fraction of sp³-hybridized carbons (Fsp3) is 0.917. The predicted molar refractivity (Wildman–Crippen MR) is 60.8 cm³/mol. The Morgan fingerprint density at radius 3 is 2.72 bits per heavy atom. The Morgan fingerprint density at radius 1 is 1.39 bits per heavy atom. The van der Waals surface area contributed by atoms with Crippen LogP contribution in [0, 0.1) is 17.2 Å². The first-order chi connectivity index (χ1) is 8.41. The first-order valence-electron chi connectivity index (χ1n) is 6.36. The summed E-state index contributed by atoms with van der Waals surface area (Å²) in [5.74, 6) is -1.87. The van der Waals surface area contributed by atoms with Gasteiger partial charge in [0.25, 0.3) is 0 Å². The topological polar surface area (TPSA) is 30.3 Å². The van der Waals surface area contributed by atoms with Crippen molar-refractivity contribution < 1.29 is 13.2 Å². The van der Waals surface area contributed by atoms with E-state index in [4.69, 9.17) is 5.26 Å². The number of piperazine rings is 1. The van der Waals surface area contributed by atoms with Crippen molar-refractivity contribution in [3.8, 4) is 6.07 Å². The quantitative estimate of drug-likeness (QED) is 0.760. The summed E-state index contributed by atoms with van der Waals surface area (Å²) in [6.07, 6.45) is -2.22. The molecule has 3 unspecified atom stereocenters. The minimum atomic E-state index is -4.42. The van der Waals surface area contributed by atoms with Crippen LogP contribution in [0.3, 0.4) is 0 Å². The second-order valence-corrected chi connectivity index (χ2v) is 5.32. The smallest absolute Gasteiger partial charge is 0.298 e. The third-order valence-corrected chi connectivity index (χ3v) is 4.03. The molecule has 0 radical (unpaired) electrons.